The lowest BCUT2D eigenvalue weighted by Gasteiger charge is -2.27. The summed E-state index contributed by atoms with van der Waals surface area (Å²) in [6, 6.07) is 0. The number of hydrogen-bond acceptors (Lipinski definition) is 4. The van der Waals surface area contributed by atoms with E-state index in [2.05, 4.69) is 9.04 Å². The SMILES string of the molecule is COC(=O)/C=C\SN1CCC1. The van der Waals surface area contributed by atoms with E-state index in [0.717, 1.165) is 13.1 Å². The van der Waals surface area contributed by atoms with Gasteiger partial charge in [-0.3, -0.25) is 0 Å². The van der Waals surface area contributed by atoms with Gasteiger partial charge in [0.15, 0.2) is 0 Å². The average molecular weight is 173 g/mol. The molecule has 11 heavy (non-hydrogen) atoms. The lowest BCUT2D eigenvalue weighted by molar-refractivity contribution is -0.134. The van der Waals surface area contributed by atoms with Gasteiger partial charge in [-0.05, 0) is 11.8 Å². The van der Waals surface area contributed by atoms with E-state index in [1.54, 1.807) is 17.4 Å². The molecule has 3 nitrogen and oxygen atoms in total. The van der Waals surface area contributed by atoms with E-state index in [1.165, 1.54) is 19.6 Å². The van der Waals surface area contributed by atoms with Crippen molar-refractivity contribution in [2.24, 2.45) is 0 Å². The van der Waals surface area contributed by atoms with Gasteiger partial charge in [0.2, 0.25) is 0 Å². The van der Waals surface area contributed by atoms with Crippen LogP contribution in [0.4, 0.5) is 0 Å². The standard InChI is InChI=1S/C7H11NO2S/c1-10-7(9)3-6-11-8-4-2-5-8/h3,6H,2,4-5H2,1H3/b6-3-. The van der Waals surface area contributed by atoms with Gasteiger partial charge in [-0.25, -0.2) is 9.10 Å². The molecule has 0 radical (unpaired) electrons. The summed E-state index contributed by atoms with van der Waals surface area (Å²) < 4.78 is 6.61. The molecule has 0 aromatic carbocycles. The van der Waals surface area contributed by atoms with Gasteiger partial charge in [-0.2, -0.15) is 0 Å². The zero-order chi connectivity index (χ0) is 8.10. The maximum atomic E-state index is 10.6. The highest BCUT2D eigenvalue weighted by Gasteiger charge is 2.11. The van der Waals surface area contributed by atoms with Crippen molar-refractivity contribution in [2.45, 2.75) is 6.42 Å². The first kappa shape index (κ1) is 8.62. The normalized spacial score (nSPS) is 18.3. The summed E-state index contributed by atoms with van der Waals surface area (Å²) in [4.78, 5) is 10.6. The number of carbonyl (C=O) groups excluding carboxylic acids is 1. The van der Waals surface area contributed by atoms with E-state index in [0.29, 0.717) is 0 Å². The number of nitrogens with zero attached hydrogens (tertiary/aromatic N) is 1. The van der Waals surface area contributed by atoms with Gasteiger partial charge >= 0.3 is 5.97 Å². The molecule has 0 unspecified atom stereocenters. The zero-order valence-corrected chi connectivity index (χ0v) is 7.26. The molecule has 1 heterocycles. The lowest BCUT2D eigenvalue weighted by Crippen LogP contribution is -2.29. The summed E-state index contributed by atoms with van der Waals surface area (Å²) in [5, 5.41) is 1.75. The van der Waals surface area contributed by atoms with Crippen LogP contribution < -0.4 is 0 Å². The van der Waals surface area contributed by atoms with Crippen molar-refractivity contribution in [1.82, 2.24) is 4.31 Å². The van der Waals surface area contributed by atoms with Crippen LogP contribution in [0.2, 0.25) is 0 Å². The first-order valence-corrected chi connectivity index (χ1v) is 4.33. The number of hydrogen-bond donors (Lipinski definition) is 0. The third-order valence-electron chi connectivity index (χ3n) is 1.43. The van der Waals surface area contributed by atoms with Gasteiger partial charge in [-0.1, -0.05) is 11.9 Å². The molecule has 0 atom stereocenters. The van der Waals surface area contributed by atoms with E-state index >= 15 is 0 Å². The molecule has 1 aliphatic rings. The van der Waals surface area contributed by atoms with Crippen LogP contribution in [-0.4, -0.2) is 30.5 Å². The Morgan fingerprint density at radius 3 is 2.82 bits per heavy atom. The zero-order valence-electron chi connectivity index (χ0n) is 6.45. The predicted molar refractivity (Wildman–Crippen MR) is 44.9 cm³/mol. The molecule has 0 aliphatic carbocycles. The fourth-order valence-electron chi connectivity index (χ4n) is 0.633. The molecular weight excluding hydrogens is 162 g/mol. The molecule has 62 valence electrons. The van der Waals surface area contributed by atoms with E-state index in [9.17, 15) is 4.79 Å². The minimum atomic E-state index is -0.293. The number of methoxy groups -OCH3 is 1. The first-order valence-electron chi connectivity index (χ1n) is 3.49. The van der Waals surface area contributed by atoms with Crippen LogP contribution in [-0.2, 0) is 9.53 Å². The Morgan fingerprint density at radius 1 is 1.64 bits per heavy atom. The van der Waals surface area contributed by atoms with E-state index in [-0.39, 0.29) is 5.97 Å². The number of rotatable bonds is 3. The average Bonchev–Trinajstić information content (AvgIpc) is 1.94. The molecule has 0 aromatic heterocycles. The molecule has 0 bridgehead atoms. The van der Waals surface area contributed by atoms with Crippen molar-refractivity contribution in [3.63, 3.8) is 0 Å². The fraction of sp³-hybridized carbons (Fsp3) is 0.571. The van der Waals surface area contributed by atoms with Crippen LogP contribution in [0, 0.1) is 0 Å². The molecule has 4 heteroatoms. The molecule has 1 rings (SSSR count). The predicted octanol–water partition coefficient (Wildman–Crippen LogP) is 1.03. The Morgan fingerprint density at radius 2 is 2.36 bits per heavy atom. The summed E-state index contributed by atoms with van der Waals surface area (Å²) in [7, 11) is 1.38. The van der Waals surface area contributed by atoms with Crippen LogP contribution in [0.3, 0.4) is 0 Å². The summed E-state index contributed by atoms with van der Waals surface area (Å²) in [5.41, 5.74) is 0. The van der Waals surface area contributed by atoms with Crippen molar-refractivity contribution in [2.75, 3.05) is 20.2 Å². The minimum Gasteiger partial charge on any atom is -0.466 e. The number of esters is 1. The summed E-state index contributed by atoms with van der Waals surface area (Å²) >= 11 is 1.56. The number of ether oxygens (including phenoxy) is 1. The van der Waals surface area contributed by atoms with Gasteiger partial charge < -0.3 is 4.74 Å². The van der Waals surface area contributed by atoms with Crippen LogP contribution in [0.25, 0.3) is 0 Å². The maximum Gasteiger partial charge on any atom is 0.331 e. The fourth-order valence-corrected chi connectivity index (χ4v) is 1.45. The van der Waals surface area contributed by atoms with Crippen molar-refractivity contribution < 1.29 is 9.53 Å². The van der Waals surface area contributed by atoms with Crippen molar-refractivity contribution >= 4 is 17.9 Å². The molecule has 1 aliphatic heterocycles. The maximum absolute atomic E-state index is 10.6. The highest BCUT2D eigenvalue weighted by Crippen LogP contribution is 2.18. The quantitative estimate of drug-likeness (QED) is 0.362. The highest BCUT2D eigenvalue weighted by atomic mass is 32.2. The largest absolute Gasteiger partial charge is 0.466 e. The molecule has 0 aromatic rings. The number of carbonyl (C=O) groups is 1. The molecule has 0 saturated carbocycles. The van der Waals surface area contributed by atoms with E-state index < -0.39 is 0 Å². The van der Waals surface area contributed by atoms with Crippen LogP contribution >= 0.6 is 11.9 Å². The third-order valence-corrected chi connectivity index (χ3v) is 2.35. The Bertz CT molecular complexity index is 166. The molecule has 0 spiro atoms. The van der Waals surface area contributed by atoms with Gasteiger partial charge in [-0.15, -0.1) is 0 Å². The van der Waals surface area contributed by atoms with Crippen LogP contribution in [0.1, 0.15) is 6.42 Å². The van der Waals surface area contributed by atoms with Crippen LogP contribution in [0.5, 0.6) is 0 Å². The third kappa shape index (κ3) is 2.95. The van der Waals surface area contributed by atoms with E-state index in [1.807, 2.05) is 0 Å². The summed E-state index contributed by atoms with van der Waals surface area (Å²) in [6.45, 7) is 2.24. The molecule has 1 fully saturated rings. The first-order chi connectivity index (χ1) is 5.33. The van der Waals surface area contributed by atoms with Gasteiger partial charge in [0, 0.05) is 19.2 Å². The van der Waals surface area contributed by atoms with Crippen molar-refractivity contribution in [3.05, 3.63) is 11.5 Å². The monoisotopic (exact) mass is 173 g/mol. The van der Waals surface area contributed by atoms with E-state index in [4.69, 9.17) is 0 Å². The minimum absolute atomic E-state index is 0.293. The van der Waals surface area contributed by atoms with Gasteiger partial charge in [0.25, 0.3) is 0 Å². The second kappa shape index (κ2) is 4.41. The molecule has 0 amide bonds. The van der Waals surface area contributed by atoms with Gasteiger partial charge in [0.05, 0.1) is 7.11 Å². The summed E-state index contributed by atoms with van der Waals surface area (Å²) in [6.07, 6.45) is 2.70. The second-order valence-corrected chi connectivity index (χ2v) is 3.21. The summed E-state index contributed by atoms with van der Waals surface area (Å²) in [5.74, 6) is -0.293. The van der Waals surface area contributed by atoms with Crippen LogP contribution in [0.15, 0.2) is 11.5 Å². The second-order valence-electron chi connectivity index (χ2n) is 2.21. The Kier molecular flexibility index (Phi) is 3.45. The van der Waals surface area contributed by atoms with Gasteiger partial charge in [0.1, 0.15) is 0 Å². The Balaban J connectivity index is 2.09. The Hall–Kier alpha value is -0.480. The molecule has 1 saturated heterocycles. The molecular formula is C7H11NO2S. The van der Waals surface area contributed by atoms with Crippen molar-refractivity contribution in [3.8, 4) is 0 Å². The topological polar surface area (TPSA) is 29.5 Å². The van der Waals surface area contributed by atoms with Crippen molar-refractivity contribution in [1.29, 1.82) is 0 Å². The highest BCUT2D eigenvalue weighted by molar-refractivity contribution is 7.99. The smallest absolute Gasteiger partial charge is 0.331 e. The Labute approximate surface area is 70.5 Å². The lowest BCUT2D eigenvalue weighted by atomic mass is 10.3. The molecule has 0 N–H and O–H groups in total.